The van der Waals surface area contributed by atoms with E-state index in [2.05, 4.69) is 10.3 Å². The maximum absolute atomic E-state index is 11.9. The zero-order valence-corrected chi connectivity index (χ0v) is 10.5. The van der Waals surface area contributed by atoms with E-state index in [-0.39, 0.29) is 5.91 Å². The highest BCUT2D eigenvalue weighted by molar-refractivity contribution is 5.94. The van der Waals surface area contributed by atoms with E-state index in [9.17, 15) is 9.90 Å². The van der Waals surface area contributed by atoms with E-state index >= 15 is 0 Å². The number of aryl methyl sites for hydroxylation is 2. The monoisotopic (exact) mass is 236 g/mol. The number of rotatable bonds is 3. The van der Waals surface area contributed by atoms with Crippen molar-refractivity contribution in [1.82, 2.24) is 10.3 Å². The lowest BCUT2D eigenvalue weighted by atomic mass is 10.0. The Morgan fingerprint density at radius 2 is 2.12 bits per heavy atom. The molecule has 1 aliphatic carbocycles. The zero-order valence-electron chi connectivity index (χ0n) is 10.5. The summed E-state index contributed by atoms with van der Waals surface area (Å²) in [6.45, 7) is 4.18. The second kappa shape index (κ2) is 4.53. The summed E-state index contributed by atoms with van der Waals surface area (Å²) in [7, 11) is 0. The second-order valence-electron chi connectivity index (χ2n) is 5.12. The molecule has 1 heterocycles. The van der Waals surface area contributed by atoms with Crippen molar-refractivity contribution in [2.24, 2.45) is 0 Å². The molecule has 17 heavy (non-hydrogen) atoms. The van der Waals surface area contributed by atoms with Crippen LogP contribution in [0.2, 0.25) is 0 Å². The number of amides is 1. The molecule has 1 amide bonds. The smallest absolute Gasteiger partial charge is 0.268 e. The number of nitrogens with one attached hydrogen (secondary N) is 2. The molecule has 1 aromatic rings. The van der Waals surface area contributed by atoms with Crippen LogP contribution in [-0.2, 0) is 0 Å². The quantitative estimate of drug-likeness (QED) is 0.747. The summed E-state index contributed by atoms with van der Waals surface area (Å²) in [4.78, 5) is 15.0. The van der Waals surface area contributed by atoms with Gasteiger partial charge in [0.05, 0.1) is 5.60 Å². The maximum atomic E-state index is 11.9. The Balaban J connectivity index is 1.95. The summed E-state index contributed by atoms with van der Waals surface area (Å²) >= 11 is 0. The van der Waals surface area contributed by atoms with Crippen LogP contribution < -0.4 is 5.32 Å². The number of carbonyl (C=O) groups is 1. The summed E-state index contributed by atoms with van der Waals surface area (Å²) in [5, 5.41) is 13.0. The van der Waals surface area contributed by atoms with Crippen LogP contribution in [0.15, 0.2) is 6.07 Å². The molecule has 0 aliphatic heterocycles. The Morgan fingerprint density at radius 1 is 1.47 bits per heavy atom. The largest absolute Gasteiger partial charge is 0.388 e. The molecule has 4 nitrogen and oxygen atoms in total. The van der Waals surface area contributed by atoms with Crippen LogP contribution in [0.25, 0.3) is 0 Å². The molecule has 1 fully saturated rings. The van der Waals surface area contributed by atoms with Crippen LogP contribution in [0.1, 0.15) is 47.4 Å². The van der Waals surface area contributed by atoms with E-state index in [1.807, 2.05) is 19.9 Å². The van der Waals surface area contributed by atoms with Crippen molar-refractivity contribution in [3.8, 4) is 0 Å². The van der Waals surface area contributed by atoms with Crippen molar-refractivity contribution >= 4 is 5.91 Å². The van der Waals surface area contributed by atoms with Crippen LogP contribution in [0.5, 0.6) is 0 Å². The predicted molar refractivity (Wildman–Crippen MR) is 66.0 cm³/mol. The molecule has 4 heteroatoms. The number of carbonyl (C=O) groups excluding carboxylic acids is 1. The van der Waals surface area contributed by atoms with Gasteiger partial charge in [-0.2, -0.15) is 0 Å². The molecular weight excluding hydrogens is 216 g/mol. The van der Waals surface area contributed by atoms with E-state index in [1.165, 1.54) is 0 Å². The fourth-order valence-electron chi connectivity index (χ4n) is 2.51. The average Bonchev–Trinajstić information content (AvgIpc) is 2.83. The van der Waals surface area contributed by atoms with Crippen molar-refractivity contribution in [3.05, 3.63) is 23.0 Å². The van der Waals surface area contributed by atoms with Gasteiger partial charge in [0.25, 0.3) is 5.91 Å². The van der Waals surface area contributed by atoms with Gasteiger partial charge in [0.1, 0.15) is 5.69 Å². The molecule has 1 aliphatic rings. The van der Waals surface area contributed by atoms with Crippen LogP contribution >= 0.6 is 0 Å². The second-order valence-corrected chi connectivity index (χ2v) is 5.12. The number of aromatic nitrogens is 1. The van der Waals surface area contributed by atoms with Gasteiger partial charge >= 0.3 is 0 Å². The van der Waals surface area contributed by atoms with Crippen LogP contribution in [-0.4, -0.2) is 28.1 Å². The Bertz CT molecular complexity index is 417. The third kappa shape index (κ3) is 2.69. The molecule has 0 radical (unpaired) electrons. The molecule has 2 rings (SSSR count). The number of hydrogen-bond acceptors (Lipinski definition) is 2. The minimum atomic E-state index is -0.689. The van der Waals surface area contributed by atoms with Crippen molar-refractivity contribution in [2.45, 2.75) is 45.1 Å². The topological polar surface area (TPSA) is 65.1 Å². The van der Waals surface area contributed by atoms with Crippen LogP contribution in [0, 0.1) is 13.8 Å². The first-order chi connectivity index (χ1) is 8.00. The summed E-state index contributed by atoms with van der Waals surface area (Å²) in [6, 6.07) is 1.94. The minimum absolute atomic E-state index is 0.129. The van der Waals surface area contributed by atoms with E-state index in [0.29, 0.717) is 12.2 Å². The average molecular weight is 236 g/mol. The van der Waals surface area contributed by atoms with Gasteiger partial charge in [-0.05, 0) is 38.3 Å². The number of H-pyrrole nitrogens is 1. The molecule has 0 spiro atoms. The van der Waals surface area contributed by atoms with Crippen molar-refractivity contribution in [2.75, 3.05) is 6.54 Å². The molecule has 0 atom stereocenters. The van der Waals surface area contributed by atoms with Gasteiger partial charge < -0.3 is 15.4 Å². The number of aromatic amines is 1. The Morgan fingerprint density at radius 3 is 2.65 bits per heavy atom. The molecule has 1 saturated carbocycles. The highest BCUT2D eigenvalue weighted by atomic mass is 16.3. The minimum Gasteiger partial charge on any atom is -0.388 e. The Labute approximate surface area is 101 Å². The van der Waals surface area contributed by atoms with Gasteiger partial charge in [0.15, 0.2) is 0 Å². The summed E-state index contributed by atoms with van der Waals surface area (Å²) in [5.74, 6) is -0.129. The van der Waals surface area contributed by atoms with Gasteiger partial charge in [0, 0.05) is 12.2 Å². The number of hydrogen-bond donors (Lipinski definition) is 3. The van der Waals surface area contributed by atoms with Gasteiger partial charge in [-0.1, -0.05) is 12.8 Å². The first-order valence-corrected chi connectivity index (χ1v) is 6.17. The lowest BCUT2D eigenvalue weighted by molar-refractivity contribution is 0.0448. The fourth-order valence-corrected chi connectivity index (χ4v) is 2.51. The van der Waals surface area contributed by atoms with E-state index in [4.69, 9.17) is 0 Å². The van der Waals surface area contributed by atoms with E-state index in [1.54, 1.807) is 0 Å². The molecular formula is C13H20N2O2. The molecule has 1 aromatic heterocycles. The van der Waals surface area contributed by atoms with E-state index in [0.717, 1.165) is 36.9 Å². The Hall–Kier alpha value is -1.29. The maximum Gasteiger partial charge on any atom is 0.268 e. The summed E-state index contributed by atoms with van der Waals surface area (Å²) in [6.07, 6.45) is 3.67. The zero-order chi connectivity index (χ0) is 12.5. The standard InChI is InChI=1S/C13H20N2O2/c1-9-7-10(2)15-11(9)12(16)14-8-13(17)5-3-4-6-13/h7,15,17H,3-6,8H2,1-2H3,(H,14,16). The summed E-state index contributed by atoms with van der Waals surface area (Å²) < 4.78 is 0. The van der Waals surface area contributed by atoms with Crippen molar-refractivity contribution < 1.29 is 9.90 Å². The highest BCUT2D eigenvalue weighted by Crippen LogP contribution is 2.28. The molecule has 0 aromatic carbocycles. The lowest BCUT2D eigenvalue weighted by Gasteiger charge is -2.22. The number of aliphatic hydroxyl groups is 1. The first-order valence-electron chi connectivity index (χ1n) is 6.17. The van der Waals surface area contributed by atoms with E-state index < -0.39 is 5.60 Å². The SMILES string of the molecule is Cc1cc(C)c(C(=O)NCC2(O)CCCC2)[nH]1. The summed E-state index contributed by atoms with van der Waals surface area (Å²) in [5.41, 5.74) is 1.83. The molecule has 94 valence electrons. The molecule has 0 bridgehead atoms. The fraction of sp³-hybridized carbons (Fsp3) is 0.615. The van der Waals surface area contributed by atoms with Crippen LogP contribution in [0.4, 0.5) is 0 Å². The van der Waals surface area contributed by atoms with Crippen molar-refractivity contribution in [3.63, 3.8) is 0 Å². The van der Waals surface area contributed by atoms with Crippen molar-refractivity contribution in [1.29, 1.82) is 0 Å². The van der Waals surface area contributed by atoms with Crippen LogP contribution in [0.3, 0.4) is 0 Å². The third-order valence-electron chi connectivity index (χ3n) is 3.49. The first kappa shape index (κ1) is 12.2. The van der Waals surface area contributed by atoms with Gasteiger partial charge in [0.2, 0.25) is 0 Å². The van der Waals surface area contributed by atoms with Gasteiger partial charge in [-0.25, -0.2) is 0 Å². The lowest BCUT2D eigenvalue weighted by Crippen LogP contribution is -2.41. The predicted octanol–water partition coefficient (Wildman–Crippen LogP) is 1.67. The highest BCUT2D eigenvalue weighted by Gasteiger charge is 2.31. The molecule has 0 unspecified atom stereocenters. The molecule has 0 saturated heterocycles. The third-order valence-corrected chi connectivity index (χ3v) is 3.49. The normalized spacial score (nSPS) is 18.3. The molecule has 3 N–H and O–H groups in total. The Kier molecular flexibility index (Phi) is 3.24. The van der Waals surface area contributed by atoms with Gasteiger partial charge in [-0.15, -0.1) is 0 Å². The van der Waals surface area contributed by atoms with Gasteiger partial charge in [-0.3, -0.25) is 4.79 Å².